The van der Waals surface area contributed by atoms with Gasteiger partial charge in [-0.2, -0.15) is 0 Å². The Morgan fingerprint density at radius 3 is 2.49 bits per heavy atom. The topological polar surface area (TPSA) is 110 Å². The third-order valence-corrected chi connectivity index (χ3v) is 6.57. The average molecular weight is 656 g/mol. The number of aromatic nitrogens is 1. The molecule has 4 aromatic rings. The van der Waals surface area contributed by atoms with E-state index in [1.165, 1.54) is 11.1 Å². The van der Waals surface area contributed by atoms with Gasteiger partial charge in [0.2, 0.25) is 0 Å². The standard InChI is InChI=1S/C28H24Br2N4O5/c29-18-25(33-26(35)24-12-3-4-14-31-24)39-28(37)34(21-10-6-9-20(30)17-21)15-16-38-27(36)32-23-13-5-8-19-7-1-2-11-22(19)23/h1-14,17,25H,15-16,18H2,(H,32,36)(H,33,35). The van der Waals surface area contributed by atoms with Gasteiger partial charge in [0.1, 0.15) is 12.3 Å². The van der Waals surface area contributed by atoms with Gasteiger partial charge in [-0.25, -0.2) is 9.59 Å². The summed E-state index contributed by atoms with van der Waals surface area (Å²) in [6.07, 6.45) is -0.876. The Kier molecular flexibility index (Phi) is 9.87. The minimum absolute atomic E-state index is 0.00143. The Hall–Kier alpha value is -3.96. The monoisotopic (exact) mass is 654 g/mol. The molecule has 200 valence electrons. The van der Waals surface area contributed by atoms with Crippen LogP contribution in [0.15, 0.2) is 95.6 Å². The molecule has 9 nitrogen and oxygen atoms in total. The van der Waals surface area contributed by atoms with Crippen molar-refractivity contribution in [2.45, 2.75) is 6.23 Å². The lowest BCUT2D eigenvalue weighted by Crippen LogP contribution is -2.44. The minimum atomic E-state index is -0.975. The highest BCUT2D eigenvalue weighted by Gasteiger charge is 2.24. The van der Waals surface area contributed by atoms with E-state index in [-0.39, 0.29) is 24.2 Å². The van der Waals surface area contributed by atoms with Crippen molar-refractivity contribution in [2.75, 3.05) is 28.7 Å². The van der Waals surface area contributed by atoms with Crippen molar-refractivity contribution in [3.05, 3.63) is 101 Å². The number of alkyl halides is 1. The van der Waals surface area contributed by atoms with Gasteiger partial charge in [0.05, 0.1) is 17.6 Å². The number of hydrogen-bond donors (Lipinski definition) is 2. The van der Waals surface area contributed by atoms with Gasteiger partial charge >= 0.3 is 12.2 Å². The second kappa shape index (κ2) is 13.7. The molecule has 1 heterocycles. The van der Waals surface area contributed by atoms with E-state index in [0.29, 0.717) is 11.4 Å². The molecule has 4 rings (SSSR count). The van der Waals surface area contributed by atoms with Crippen LogP contribution < -0.4 is 15.5 Å². The Labute approximate surface area is 241 Å². The summed E-state index contributed by atoms with van der Waals surface area (Å²) >= 11 is 6.67. The molecule has 0 aliphatic heterocycles. The molecule has 1 atom stereocenters. The number of hydrogen-bond acceptors (Lipinski definition) is 6. The van der Waals surface area contributed by atoms with Crippen LogP contribution in [0.1, 0.15) is 10.5 Å². The van der Waals surface area contributed by atoms with Crippen molar-refractivity contribution < 1.29 is 23.9 Å². The largest absolute Gasteiger partial charge is 0.447 e. The molecule has 0 aliphatic carbocycles. The summed E-state index contributed by atoms with van der Waals surface area (Å²) in [7, 11) is 0. The maximum absolute atomic E-state index is 13.2. The van der Waals surface area contributed by atoms with Gasteiger partial charge in [-0.15, -0.1) is 0 Å². The first-order chi connectivity index (χ1) is 18.9. The third-order valence-electron chi connectivity index (χ3n) is 5.49. The molecule has 2 N–H and O–H groups in total. The van der Waals surface area contributed by atoms with Crippen LogP contribution in [0.5, 0.6) is 0 Å². The fourth-order valence-corrected chi connectivity index (χ4v) is 4.36. The van der Waals surface area contributed by atoms with E-state index < -0.39 is 24.3 Å². The molecule has 0 saturated heterocycles. The predicted octanol–water partition coefficient (Wildman–Crippen LogP) is 6.34. The van der Waals surface area contributed by atoms with Crippen LogP contribution in [0, 0.1) is 0 Å². The molecule has 39 heavy (non-hydrogen) atoms. The molecule has 3 amide bonds. The number of nitrogens with one attached hydrogen (secondary N) is 2. The highest BCUT2D eigenvalue weighted by atomic mass is 79.9. The normalized spacial score (nSPS) is 11.3. The van der Waals surface area contributed by atoms with Gasteiger partial charge in [0, 0.05) is 21.7 Å². The second-order valence-corrected chi connectivity index (χ2v) is 9.70. The van der Waals surface area contributed by atoms with Gasteiger partial charge in [-0.3, -0.25) is 20.0 Å². The number of ether oxygens (including phenoxy) is 2. The Morgan fingerprint density at radius 1 is 0.949 bits per heavy atom. The molecular formula is C28H24Br2N4O5. The maximum Gasteiger partial charge on any atom is 0.416 e. The summed E-state index contributed by atoms with van der Waals surface area (Å²) in [6.45, 7) is -0.112. The highest BCUT2D eigenvalue weighted by molar-refractivity contribution is 9.10. The van der Waals surface area contributed by atoms with E-state index in [9.17, 15) is 14.4 Å². The molecule has 0 spiro atoms. The quantitative estimate of drug-likeness (QED) is 0.161. The molecule has 0 aliphatic rings. The third kappa shape index (κ3) is 7.78. The number of nitrogens with zero attached hydrogens (tertiary/aromatic N) is 2. The average Bonchev–Trinajstić information content (AvgIpc) is 2.95. The number of anilines is 2. The van der Waals surface area contributed by atoms with Gasteiger partial charge in [0.25, 0.3) is 5.91 Å². The Bertz CT molecular complexity index is 1450. The molecule has 0 bridgehead atoms. The Balaban J connectivity index is 1.40. The van der Waals surface area contributed by atoms with E-state index in [2.05, 4.69) is 47.5 Å². The fraction of sp³-hybridized carbons (Fsp3) is 0.143. The van der Waals surface area contributed by atoms with E-state index in [4.69, 9.17) is 9.47 Å². The Morgan fingerprint density at radius 2 is 1.72 bits per heavy atom. The number of amides is 3. The van der Waals surface area contributed by atoms with Crippen molar-refractivity contribution >= 4 is 72.1 Å². The second-order valence-electron chi connectivity index (χ2n) is 8.13. The number of halogens is 2. The summed E-state index contributed by atoms with van der Waals surface area (Å²) < 4.78 is 11.7. The number of rotatable bonds is 9. The number of fused-ring (bicyclic) bond motifs is 1. The summed E-state index contributed by atoms with van der Waals surface area (Å²) in [5.74, 6) is -0.490. The van der Waals surface area contributed by atoms with Crippen molar-refractivity contribution in [2.24, 2.45) is 0 Å². The van der Waals surface area contributed by atoms with E-state index in [1.54, 1.807) is 42.5 Å². The van der Waals surface area contributed by atoms with Gasteiger partial charge in [-0.1, -0.05) is 80.4 Å². The van der Waals surface area contributed by atoms with Crippen molar-refractivity contribution in [1.82, 2.24) is 10.3 Å². The molecule has 3 aromatic carbocycles. The lowest BCUT2D eigenvalue weighted by atomic mass is 10.1. The predicted molar refractivity (Wildman–Crippen MR) is 156 cm³/mol. The molecule has 11 heteroatoms. The number of carbonyl (C=O) groups excluding carboxylic acids is 3. The zero-order valence-corrected chi connectivity index (χ0v) is 23.7. The molecule has 1 aromatic heterocycles. The first kappa shape index (κ1) is 28.1. The lowest BCUT2D eigenvalue weighted by molar-refractivity contribution is 0.0723. The highest BCUT2D eigenvalue weighted by Crippen LogP contribution is 2.24. The van der Waals surface area contributed by atoms with Crippen molar-refractivity contribution in [1.29, 1.82) is 0 Å². The molecule has 0 fully saturated rings. The zero-order chi connectivity index (χ0) is 27.6. The first-order valence-electron chi connectivity index (χ1n) is 11.9. The zero-order valence-electron chi connectivity index (χ0n) is 20.6. The lowest BCUT2D eigenvalue weighted by Gasteiger charge is -2.25. The van der Waals surface area contributed by atoms with Crippen LogP contribution in [-0.2, 0) is 9.47 Å². The van der Waals surface area contributed by atoms with E-state index >= 15 is 0 Å². The number of benzene rings is 3. The van der Waals surface area contributed by atoms with Gasteiger partial charge in [-0.05, 0) is 41.8 Å². The molecule has 0 saturated carbocycles. The maximum atomic E-state index is 13.2. The molecular weight excluding hydrogens is 632 g/mol. The fourth-order valence-electron chi connectivity index (χ4n) is 3.68. The summed E-state index contributed by atoms with van der Waals surface area (Å²) in [4.78, 5) is 43.6. The molecule has 1 unspecified atom stereocenters. The molecule has 0 radical (unpaired) electrons. The summed E-state index contributed by atoms with van der Waals surface area (Å²) in [6, 6.07) is 25.2. The SMILES string of the molecule is O=C(Nc1cccc2ccccc12)OCCN(C(=O)OC(CBr)NC(=O)c1ccccn1)c1cccc(Br)c1. The van der Waals surface area contributed by atoms with Crippen LogP contribution in [0.3, 0.4) is 0 Å². The van der Waals surface area contributed by atoms with Gasteiger partial charge < -0.3 is 14.8 Å². The van der Waals surface area contributed by atoms with Crippen LogP contribution in [0.2, 0.25) is 0 Å². The van der Waals surface area contributed by atoms with Gasteiger partial charge in [0.15, 0.2) is 6.23 Å². The van der Waals surface area contributed by atoms with Crippen molar-refractivity contribution in [3.8, 4) is 0 Å². The van der Waals surface area contributed by atoms with E-state index in [0.717, 1.165) is 15.2 Å². The van der Waals surface area contributed by atoms with Crippen molar-refractivity contribution in [3.63, 3.8) is 0 Å². The number of carbonyl (C=O) groups is 3. The first-order valence-corrected chi connectivity index (χ1v) is 13.8. The van der Waals surface area contributed by atoms with Crippen LogP contribution in [-0.4, -0.2) is 47.8 Å². The number of pyridine rings is 1. The van der Waals surface area contributed by atoms with Crippen LogP contribution in [0.25, 0.3) is 10.8 Å². The summed E-state index contributed by atoms with van der Waals surface area (Å²) in [5.41, 5.74) is 1.32. The van der Waals surface area contributed by atoms with Crippen LogP contribution in [0.4, 0.5) is 21.0 Å². The smallest absolute Gasteiger partial charge is 0.416 e. The van der Waals surface area contributed by atoms with E-state index in [1.807, 2.05) is 42.5 Å². The van der Waals surface area contributed by atoms with Crippen LogP contribution >= 0.6 is 31.9 Å². The minimum Gasteiger partial charge on any atom is -0.447 e. The summed E-state index contributed by atoms with van der Waals surface area (Å²) in [5, 5.41) is 7.39.